The van der Waals surface area contributed by atoms with E-state index in [9.17, 15) is 0 Å². The topological polar surface area (TPSA) is 33.6 Å². The van der Waals surface area contributed by atoms with Gasteiger partial charge in [0.15, 0.2) is 0 Å². The van der Waals surface area contributed by atoms with Gasteiger partial charge in [0, 0.05) is 11.5 Å². The summed E-state index contributed by atoms with van der Waals surface area (Å²) in [5, 5.41) is 3.98. The maximum atomic E-state index is 5.76. The highest BCUT2D eigenvalue weighted by Crippen LogP contribution is 2.16. The van der Waals surface area contributed by atoms with Crippen LogP contribution in [0.25, 0.3) is 0 Å². The third-order valence-corrected chi connectivity index (χ3v) is 3.05. The lowest BCUT2D eigenvalue weighted by Crippen LogP contribution is -1.97. The lowest BCUT2D eigenvalue weighted by Gasteiger charge is -2.07. The van der Waals surface area contributed by atoms with Gasteiger partial charge >= 0.3 is 0 Å². The zero-order valence-electron chi connectivity index (χ0n) is 10.6. The number of hydrazone groups is 1. The molecule has 98 valence electrons. The highest BCUT2D eigenvalue weighted by Gasteiger charge is 1.97. The largest absolute Gasteiger partial charge is 0.489 e. The third kappa shape index (κ3) is 4.41. The molecule has 2 rings (SSSR count). The molecule has 0 amide bonds. The molecule has 4 heteroatoms. The summed E-state index contributed by atoms with van der Waals surface area (Å²) in [6.07, 6.45) is 1.76. The van der Waals surface area contributed by atoms with Gasteiger partial charge in [-0.1, -0.05) is 40.2 Å². The van der Waals surface area contributed by atoms with Crippen LogP contribution in [-0.4, -0.2) is 13.3 Å². The molecular weight excluding hydrogens is 304 g/mol. The Bertz CT molecular complexity index is 552. The van der Waals surface area contributed by atoms with Gasteiger partial charge in [-0.05, 0) is 35.4 Å². The van der Waals surface area contributed by atoms with E-state index in [1.807, 2.05) is 48.5 Å². The van der Waals surface area contributed by atoms with Crippen molar-refractivity contribution in [3.63, 3.8) is 0 Å². The molecule has 0 fully saturated rings. The van der Waals surface area contributed by atoms with E-state index in [-0.39, 0.29) is 0 Å². The first-order valence-electron chi connectivity index (χ1n) is 5.95. The van der Waals surface area contributed by atoms with E-state index in [4.69, 9.17) is 4.74 Å². The van der Waals surface area contributed by atoms with E-state index < -0.39 is 0 Å². The smallest absolute Gasteiger partial charge is 0.120 e. The summed E-state index contributed by atoms with van der Waals surface area (Å²) in [6.45, 7) is 0.555. The van der Waals surface area contributed by atoms with Gasteiger partial charge in [-0.15, -0.1) is 0 Å². The highest BCUT2D eigenvalue weighted by molar-refractivity contribution is 9.10. The number of nitrogens with zero attached hydrogens (tertiary/aromatic N) is 1. The van der Waals surface area contributed by atoms with Crippen molar-refractivity contribution in [2.45, 2.75) is 6.61 Å². The quantitative estimate of drug-likeness (QED) is 0.675. The summed E-state index contributed by atoms with van der Waals surface area (Å²) in [7, 11) is 1.77. The van der Waals surface area contributed by atoms with Crippen molar-refractivity contribution >= 4 is 22.1 Å². The Kier molecular flexibility index (Phi) is 4.98. The van der Waals surface area contributed by atoms with Crippen LogP contribution in [0.5, 0.6) is 5.75 Å². The highest BCUT2D eigenvalue weighted by atomic mass is 79.9. The van der Waals surface area contributed by atoms with E-state index in [2.05, 4.69) is 26.5 Å². The number of nitrogens with one attached hydrogen (secondary N) is 1. The first-order valence-corrected chi connectivity index (χ1v) is 6.74. The monoisotopic (exact) mass is 318 g/mol. The summed E-state index contributed by atoms with van der Waals surface area (Å²) in [4.78, 5) is 0. The Balaban J connectivity index is 1.99. The van der Waals surface area contributed by atoms with E-state index in [1.165, 1.54) is 0 Å². The molecule has 0 saturated carbocycles. The number of benzene rings is 2. The molecule has 0 radical (unpaired) electrons. The molecule has 0 unspecified atom stereocenters. The van der Waals surface area contributed by atoms with E-state index >= 15 is 0 Å². The van der Waals surface area contributed by atoms with Crippen LogP contribution in [0.3, 0.4) is 0 Å². The van der Waals surface area contributed by atoms with Crippen LogP contribution in [0.15, 0.2) is 58.1 Å². The van der Waals surface area contributed by atoms with Crippen molar-refractivity contribution in [2.75, 3.05) is 7.05 Å². The van der Waals surface area contributed by atoms with Gasteiger partial charge in [0.25, 0.3) is 0 Å². The van der Waals surface area contributed by atoms with Crippen LogP contribution >= 0.6 is 15.9 Å². The number of hydrogen-bond donors (Lipinski definition) is 1. The first kappa shape index (κ1) is 13.6. The average Bonchev–Trinajstić information content (AvgIpc) is 2.45. The molecular formula is C15H15BrN2O. The van der Waals surface area contributed by atoms with Crippen LogP contribution in [0, 0.1) is 0 Å². The zero-order valence-corrected chi connectivity index (χ0v) is 12.2. The fourth-order valence-corrected chi connectivity index (χ4v) is 1.84. The van der Waals surface area contributed by atoms with Gasteiger partial charge in [0.2, 0.25) is 0 Å². The van der Waals surface area contributed by atoms with Crippen molar-refractivity contribution < 1.29 is 4.74 Å². The van der Waals surface area contributed by atoms with Crippen molar-refractivity contribution in [2.24, 2.45) is 5.10 Å². The van der Waals surface area contributed by atoms with Crippen molar-refractivity contribution in [1.29, 1.82) is 0 Å². The van der Waals surface area contributed by atoms with Gasteiger partial charge in [-0.25, -0.2) is 0 Å². The molecule has 19 heavy (non-hydrogen) atoms. The molecule has 0 saturated heterocycles. The number of rotatable bonds is 5. The van der Waals surface area contributed by atoms with Crippen LogP contribution in [0.4, 0.5) is 0 Å². The summed E-state index contributed by atoms with van der Waals surface area (Å²) < 4.78 is 6.83. The fourth-order valence-electron chi connectivity index (χ4n) is 1.57. The van der Waals surface area contributed by atoms with E-state index in [1.54, 1.807) is 13.3 Å². The van der Waals surface area contributed by atoms with Crippen molar-refractivity contribution in [3.05, 3.63) is 64.1 Å². The molecule has 0 spiro atoms. The molecule has 0 aliphatic rings. The van der Waals surface area contributed by atoms with Crippen molar-refractivity contribution in [1.82, 2.24) is 5.43 Å². The van der Waals surface area contributed by atoms with Gasteiger partial charge in [0.1, 0.15) is 12.4 Å². The van der Waals surface area contributed by atoms with Gasteiger partial charge in [0.05, 0.1) is 6.21 Å². The van der Waals surface area contributed by atoms with E-state index in [0.29, 0.717) is 6.61 Å². The number of ether oxygens (including phenoxy) is 1. The minimum Gasteiger partial charge on any atom is -0.489 e. The second-order valence-electron chi connectivity index (χ2n) is 3.97. The predicted octanol–water partition coefficient (Wildman–Crippen LogP) is 3.58. The van der Waals surface area contributed by atoms with E-state index in [0.717, 1.165) is 21.3 Å². The van der Waals surface area contributed by atoms with Gasteiger partial charge in [-0.2, -0.15) is 5.10 Å². The minimum absolute atomic E-state index is 0.555. The standard InChI is InChI=1S/C15H15BrN2O/c1-17-18-10-13-3-2-4-15(9-13)19-11-12-5-7-14(16)8-6-12/h2-10,17H,11H2,1H3/b18-10+. The number of hydrogen-bond acceptors (Lipinski definition) is 3. The lowest BCUT2D eigenvalue weighted by atomic mass is 10.2. The zero-order chi connectivity index (χ0) is 13.5. The van der Waals surface area contributed by atoms with Crippen molar-refractivity contribution in [3.8, 4) is 5.75 Å². The summed E-state index contributed by atoms with van der Waals surface area (Å²) in [5.41, 5.74) is 4.86. The molecule has 1 N–H and O–H groups in total. The molecule has 0 aromatic heterocycles. The Labute approximate surface area is 121 Å². The Morgan fingerprint density at radius 2 is 2.00 bits per heavy atom. The van der Waals surface area contributed by atoms with Crippen LogP contribution in [-0.2, 0) is 6.61 Å². The fraction of sp³-hybridized carbons (Fsp3) is 0.133. The maximum absolute atomic E-state index is 5.76. The Morgan fingerprint density at radius 3 is 2.74 bits per heavy atom. The second-order valence-corrected chi connectivity index (χ2v) is 4.89. The molecule has 0 bridgehead atoms. The molecule has 0 heterocycles. The second kappa shape index (κ2) is 6.95. The van der Waals surface area contributed by atoms with Gasteiger partial charge < -0.3 is 10.2 Å². The summed E-state index contributed by atoms with van der Waals surface area (Å²) in [5.74, 6) is 0.836. The van der Waals surface area contributed by atoms with Crippen LogP contribution in [0.1, 0.15) is 11.1 Å². The summed E-state index contributed by atoms with van der Waals surface area (Å²) in [6, 6.07) is 15.9. The minimum atomic E-state index is 0.555. The van der Waals surface area contributed by atoms with Crippen LogP contribution < -0.4 is 10.2 Å². The first-order chi connectivity index (χ1) is 9.28. The molecule has 0 aliphatic carbocycles. The lowest BCUT2D eigenvalue weighted by molar-refractivity contribution is 0.306. The molecule has 0 aliphatic heterocycles. The predicted molar refractivity (Wildman–Crippen MR) is 81.6 cm³/mol. The Morgan fingerprint density at radius 1 is 1.21 bits per heavy atom. The summed E-state index contributed by atoms with van der Waals surface area (Å²) >= 11 is 3.41. The normalized spacial score (nSPS) is 10.6. The molecule has 0 atom stereocenters. The molecule has 3 nitrogen and oxygen atoms in total. The van der Waals surface area contributed by atoms with Gasteiger partial charge in [-0.3, -0.25) is 0 Å². The maximum Gasteiger partial charge on any atom is 0.120 e. The molecule has 2 aromatic rings. The number of halogens is 1. The Hall–Kier alpha value is -1.81. The third-order valence-electron chi connectivity index (χ3n) is 2.52. The SMILES string of the molecule is CN/N=C/c1cccc(OCc2ccc(Br)cc2)c1. The molecule has 2 aromatic carbocycles. The average molecular weight is 319 g/mol. The van der Waals surface area contributed by atoms with Crippen LogP contribution in [0.2, 0.25) is 0 Å².